The molecule has 0 aromatic carbocycles. The second kappa shape index (κ2) is 18.4. The Morgan fingerprint density at radius 2 is 0.603 bits per heavy atom. The highest BCUT2D eigenvalue weighted by molar-refractivity contribution is 6.72. The monoisotopic (exact) mass is 1050 g/mol. The number of rotatable bonds is 0. The van der Waals surface area contributed by atoms with Crippen molar-refractivity contribution in [1.82, 2.24) is 0 Å². The lowest BCUT2D eigenvalue weighted by Crippen LogP contribution is -2.71. The number of ether oxygens (including phenoxy) is 1. The summed E-state index contributed by atoms with van der Waals surface area (Å²) in [5.41, 5.74) is -0.899. The first kappa shape index (κ1) is 53.6. The smallest absolute Gasteiger partial charge is 0.335 e. The van der Waals surface area contributed by atoms with Crippen LogP contribution < -0.4 is 0 Å². The standard InChI is InChI=1S/C13H28O6Si3.C9H20O4Si2.C8H18O4Si2.C6H14O4Si2/c1-20(2)14-8-12(9-15-20)7-13(19-22(5,6)18-12)10-16-21(3,4)17-11-13;1-14(2)10-5-9(6-11-14)7-12-15(3,4)13-8-9;1-13(2)7-9-8(12-13)5-10-14(3,4)11-6-8;1-11(2)7-5-6(8-11)10-12(3,4)9-5/h7-11H2,1-6H3;5-8H2,1-4H3;5-7H2,1-4H3;5-6H,1-4H3. The Kier molecular flexibility index (Phi) is 15.7. The largest absolute Gasteiger partial charge is 0.394 e. The molecular formula is C36H80O18Si9. The summed E-state index contributed by atoms with van der Waals surface area (Å²) in [5, 5.41) is 0. The van der Waals surface area contributed by atoms with E-state index in [0.717, 1.165) is 32.7 Å². The zero-order chi connectivity index (χ0) is 46.9. The molecule has 0 radical (unpaired) electrons. The van der Waals surface area contributed by atoms with E-state index in [9.17, 15) is 0 Å². The first-order valence-corrected chi connectivity index (χ1v) is 48.0. The molecular weight excluding hydrogens is 973 g/mol. The summed E-state index contributed by atoms with van der Waals surface area (Å²) in [4.78, 5) is 0. The predicted octanol–water partition coefficient (Wildman–Crippen LogP) is 5.93. The van der Waals surface area contributed by atoms with Gasteiger partial charge in [-0.2, -0.15) is 0 Å². The van der Waals surface area contributed by atoms with Gasteiger partial charge in [0.25, 0.3) is 0 Å². The Balaban J connectivity index is 0.000000144. The fourth-order valence-corrected chi connectivity index (χ4v) is 22.3. The summed E-state index contributed by atoms with van der Waals surface area (Å²) in [6.07, 6.45) is 0.925. The molecule has 0 aromatic rings. The molecule has 63 heavy (non-hydrogen) atoms. The second-order valence-electron chi connectivity index (χ2n) is 22.6. The van der Waals surface area contributed by atoms with Gasteiger partial charge in [0.2, 0.25) is 14.1 Å². The molecule has 9 heterocycles. The molecule has 0 aliphatic carbocycles. The van der Waals surface area contributed by atoms with Crippen LogP contribution in [0.4, 0.5) is 0 Å². The molecule has 0 atom stereocenters. The number of hydrogen-bond donors (Lipinski definition) is 0. The van der Waals surface area contributed by atoms with E-state index in [4.69, 9.17) is 80.0 Å². The Hall–Kier alpha value is 1.23. The highest BCUT2D eigenvalue weighted by Crippen LogP contribution is 2.44. The van der Waals surface area contributed by atoms with E-state index in [2.05, 4.69) is 78.6 Å². The fourth-order valence-electron chi connectivity index (χ4n) is 8.18. The van der Waals surface area contributed by atoms with Crippen LogP contribution in [-0.2, 0) is 80.0 Å². The first-order chi connectivity index (χ1) is 28.5. The lowest BCUT2D eigenvalue weighted by molar-refractivity contribution is -0.206. The first-order valence-electron chi connectivity index (χ1n) is 22.3. The summed E-state index contributed by atoms with van der Waals surface area (Å²) in [6, 6.07) is 0. The van der Waals surface area contributed by atoms with E-state index in [1.54, 1.807) is 0 Å². The minimum Gasteiger partial charge on any atom is -0.394 e. The summed E-state index contributed by atoms with van der Waals surface area (Å²) >= 11 is 0. The molecule has 9 aliphatic rings. The van der Waals surface area contributed by atoms with Gasteiger partial charge >= 0.3 is 68.5 Å². The van der Waals surface area contributed by atoms with Crippen LogP contribution in [0, 0.1) is 5.41 Å². The van der Waals surface area contributed by atoms with Crippen LogP contribution in [0.1, 0.15) is 6.42 Å². The molecule has 9 fully saturated rings. The van der Waals surface area contributed by atoms with Crippen molar-refractivity contribution >= 4 is 76.8 Å². The van der Waals surface area contributed by atoms with Gasteiger partial charge < -0.3 is 80.0 Å². The van der Waals surface area contributed by atoms with Crippen LogP contribution in [-0.4, -0.2) is 179 Å². The molecule has 0 amide bonds. The zero-order valence-corrected chi connectivity index (χ0v) is 50.5. The zero-order valence-electron chi connectivity index (χ0n) is 41.5. The van der Waals surface area contributed by atoms with Crippen molar-refractivity contribution in [1.29, 1.82) is 0 Å². The maximum absolute atomic E-state index is 6.36. The quantitative estimate of drug-likeness (QED) is 0.262. The minimum absolute atomic E-state index is 0.0506. The predicted molar refractivity (Wildman–Crippen MR) is 253 cm³/mol. The van der Waals surface area contributed by atoms with Crippen molar-refractivity contribution < 1.29 is 80.0 Å². The van der Waals surface area contributed by atoms with Crippen molar-refractivity contribution in [3.8, 4) is 0 Å². The van der Waals surface area contributed by atoms with Crippen molar-refractivity contribution in [3.05, 3.63) is 0 Å². The van der Waals surface area contributed by atoms with E-state index in [1.807, 2.05) is 39.3 Å². The molecule has 18 nitrogen and oxygen atoms in total. The Bertz CT molecular complexity index is 1450. The topological polar surface area (TPSA) is 166 Å². The summed E-state index contributed by atoms with van der Waals surface area (Å²) < 4.78 is 105. The van der Waals surface area contributed by atoms with Crippen LogP contribution >= 0.6 is 0 Å². The van der Waals surface area contributed by atoms with E-state index >= 15 is 0 Å². The lowest BCUT2D eigenvalue weighted by Gasteiger charge is -2.57. The van der Waals surface area contributed by atoms with Crippen LogP contribution in [0.5, 0.6) is 0 Å². The maximum atomic E-state index is 6.36. The molecule has 368 valence electrons. The van der Waals surface area contributed by atoms with E-state index < -0.39 is 93.8 Å². The summed E-state index contributed by atoms with van der Waals surface area (Å²) in [5.74, 6) is -0.585. The van der Waals surface area contributed by atoms with Crippen LogP contribution in [0.3, 0.4) is 0 Å². The SMILES string of the molecule is C[Si]1(C)COC2(CO[Si](C)(C)OC2)O1.C[Si]1(C)OC2O[Si](C)(C)OC2O1.C[Si]1(C)OCC2(CO1)CC1(CO[Si](C)(C)OC1)O[Si](C)(C)O2.C[Si]1(C)OCC2(CO1)CO[Si](C)(C)OC2. The van der Waals surface area contributed by atoms with Gasteiger partial charge in [0.1, 0.15) is 11.2 Å². The van der Waals surface area contributed by atoms with Gasteiger partial charge in [-0.25, -0.2) is 0 Å². The Morgan fingerprint density at radius 1 is 0.317 bits per heavy atom. The molecule has 9 aliphatic heterocycles. The van der Waals surface area contributed by atoms with Crippen molar-refractivity contribution in [2.45, 2.75) is 154 Å². The normalized spacial score (nSPS) is 35.5. The minimum atomic E-state index is -2.29. The molecule has 0 bridgehead atoms. The second-order valence-corrected chi connectivity index (χ2v) is 53.2. The van der Waals surface area contributed by atoms with Gasteiger partial charge in [0.15, 0.2) is 12.6 Å². The van der Waals surface area contributed by atoms with Crippen molar-refractivity contribution in [2.24, 2.45) is 5.41 Å². The van der Waals surface area contributed by atoms with Gasteiger partial charge in [-0.15, -0.1) is 0 Å². The molecule has 0 saturated carbocycles. The van der Waals surface area contributed by atoms with Crippen molar-refractivity contribution in [3.63, 3.8) is 0 Å². The van der Waals surface area contributed by atoms with Gasteiger partial charge in [-0.05, 0) is 118 Å². The van der Waals surface area contributed by atoms with E-state index in [1.165, 1.54) is 0 Å². The molecule has 0 aromatic heterocycles. The molecule has 27 heteroatoms. The van der Waals surface area contributed by atoms with E-state index in [0.29, 0.717) is 46.1 Å². The number of fused-ring (bicyclic) bond motifs is 1. The highest BCUT2D eigenvalue weighted by Gasteiger charge is 2.60. The van der Waals surface area contributed by atoms with Gasteiger partial charge in [0, 0.05) is 32.8 Å². The van der Waals surface area contributed by atoms with Gasteiger partial charge in [0.05, 0.1) is 51.3 Å². The molecule has 9 rings (SSSR count). The fraction of sp³-hybridized carbons (Fsp3) is 1.00. The molecule has 9 saturated heterocycles. The maximum Gasteiger partial charge on any atom is 0.335 e. The Morgan fingerprint density at radius 3 is 0.889 bits per heavy atom. The average Bonchev–Trinajstić information content (AvgIpc) is 3.71. The van der Waals surface area contributed by atoms with Crippen LogP contribution in [0.15, 0.2) is 0 Å². The van der Waals surface area contributed by atoms with Crippen LogP contribution in [0.25, 0.3) is 0 Å². The third-order valence-electron chi connectivity index (χ3n) is 11.5. The summed E-state index contributed by atoms with van der Waals surface area (Å²) in [7, 11) is -17.3. The van der Waals surface area contributed by atoms with E-state index in [-0.39, 0.29) is 18.0 Å². The van der Waals surface area contributed by atoms with Gasteiger partial charge in [-0.1, -0.05) is 0 Å². The van der Waals surface area contributed by atoms with Crippen LogP contribution in [0.2, 0.25) is 118 Å². The average molecular weight is 1050 g/mol. The lowest BCUT2D eigenvalue weighted by atomic mass is 9.89. The third kappa shape index (κ3) is 14.9. The Labute approximate surface area is 386 Å². The third-order valence-corrected chi connectivity index (χ3v) is 26.7. The highest BCUT2D eigenvalue weighted by atomic mass is 28.4. The molecule has 0 unspecified atom stereocenters. The molecule has 0 N–H and O–H groups in total. The van der Waals surface area contributed by atoms with Gasteiger partial charge in [-0.3, -0.25) is 0 Å². The van der Waals surface area contributed by atoms with Crippen molar-refractivity contribution in [2.75, 3.05) is 72.3 Å². The molecule has 4 spiro atoms. The summed E-state index contributed by atoms with van der Waals surface area (Å²) in [6.45, 7) is 43.3. The number of hydrogen-bond acceptors (Lipinski definition) is 18.